The highest BCUT2D eigenvalue weighted by Gasteiger charge is 2.38. The van der Waals surface area contributed by atoms with Crippen LogP contribution in [0, 0.1) is 18.6 Å². The number of hydrogen-bond donors (Lipinski definition) is 3. The van der Waals surface area contributed by atoms with Gasteiger partial charge in [0.2, 0.25) is 0 Å². The van der Waals surface area contributed by atoms with Crippen molar-refractivity contribution in [3.8, 4) is 0 Å². The average molecular weight is 440 g/mol. The summed E-state index contributed by atoms with van der Waals surface area (Å²) in [6.07, 6.45) is 1.37. The molecule has 0 aliphatic carbocycles. The van der Waals surface area contributed by atoms with E-state index >= 15 is 0 Å². The van der Waals surface area contributed by atoms with Crippen LogP contribution in [0.5, 0.6) is 0 Å². The van der Waals surface area contributed by atoms with Crippen LogP contribution in [0.4, 0.5) is 20.2 Å². The normalized spacial score (nSPS) is 17.3. The van der Waals surface area contributed by atoms with Gasteiger partial charge in [0, 0.05) is 29.6 Å². The summed E-state index contributed by atoms with van der Waals surface area (Å²) >= 11 is 0. The molecule has 1 fully saturated rings. The van der Waals surface area contributed by atoms with Crippen molar-refractivity contribution < 1.29 is 26.7 Å². The van der Waals surface area contributed by atoms with Crippen LogP contribution in [-0.4, -0.2) is 37.6 Å². The molecule has 1 amide bonds. The van der Waals surface area contributed by atoms with Crippen molar-refractivity contribution in [3.05, 3.63) is 46.8 Å². The van der Waals surface area contributed by atoms with Crippen molar-refractivity contribution >= 4 is 27.5 Å². The molecule has 0 saturated carbocycles. The highest BCUT2D eigenvalue weighted by atomic mass is 32.2. The van der Waals surface area contributed by atoms with E-state index in [0.717, 1.165) is 18.6 Å². The van der Waals surface area contributed by atoms with Crippen LogP contribution in [0.25, 0.3) is 0 Å². The predicted molar refractivity (Wildman–Crippen MR) is 107 cm³/mol. The zero-order valence-electron chi connectivity index (χ0n) is 16.5. The lowest BCUT2D eigenvalue weighted by Gasteiger charge is -2.38. The van der Waals surface area contributed by atoms with E-state index < -0.39 is 33.3 Å². The molecule has 2 aliphatic rings. The molecule has 2 aromatic rings. The number of amides is 1. The Morgan fingerprint density at radius 2 is 1.97 bits per heavy atom. The van der Waals surface area contributed by atoms with Crippen LogP contribution in [0.1, 0.15) is 35.1 Å². The second-order valence-corrected chi connectivity index (χ2v) is 9.31. The van der Waals surface area contributed by atoms with Crippen molar-refractivity contribution in [2.24, 2.45) is 0 Å². The van der Waals surface area contributed by atoms with Crippen LogP contribution in [-0.2, 0) is 27.9 Å². The highest BCUT2D eigenvalue weighted by Crippen LogP contribution is 2.34. The maximum atomic E-state index is 13.5. The first kappa shape index (κ1) is 20.8. The van der Waals surface area contributed by atoms with Crippen molar-refractivity contribution in [3.63, 3.8) is 0 Å². The van der Waals surface area contributed by atoms with Crippen LogP contribution < -0.4 is 14.8 Å². The summed E-state index contributed by atoms with van der Waals surface area (Å²) in [5.74, 6) is -2.61. The predicted octanol–water partition coefficient (Wildman–Crippen LogP) is 2.31. The van der Waals surface area contributed by atoms with Gasteiger partial charge >= 0.3 is 0 Å². The van der Waals surface area contributed by atoms with Crippen molar-refractivity contribution in [1.82, 2.24) is 9.29 Å². The lowest BCUT2D eigenvalue weighted by Crippen LogP contribution is -2.60. The summed E-state index contributed by atoms with van der Waals surface area (Å²) in [5, 5.41) is 2.55. The number of halogens is 2. The molecule has 1 aromatic heterocycles. The molecule has 1 aromatic carbocycles. The van der Waals surface area contributed by atoms with E-state index in [2.05, 4.69) is 14.8 Å². The summed E-state index contributed by atoms with van der Waals surface area (Å²) in [7, 11) is -3.90. The van der Waals surface area contributed by atoms with Gasteiger partial charge in [-0.25, -0.2) is 8.78 Å². The van der Waals surface area contributed by atoms with Gasteiger partial charge in [-0.15, -0.1) is 0 Å². The molecule has 3 heterocycles. The SMILES string of the molecule is Cc1c(NS(=O)(=O)NC2(C)COC2)c2n(c1C(=O)Nc1ccc(F)c(F)c1)CCC2. The van der Waals surface area contributed by atoms with E-state index in [1.165, 1.54) is 6.07 Å². The van der Waals surface area contributed by atoms with E-state index in [9.17, 15) is 22.0 Å². The number of rotatable bonds is 6. The number of ether oxygens (including phenoxy) is 1. The van der Waals surface area contributed by atoms with Crippen LogP contribution in [0.2, 0.25) is 0 Å². The molecule has 0 atom stereocenters. The fraction of sp³-hybridized carbons (Fsp3) is 0.421. The average Bonchev–Trinajstić information content (AvgIpc) is 3.18. The van der Waals surface area contributed by atoms with Crippen LogP contribution >= 0.6 is 0 Å². The van der Waals surface area contributed by atoms with Gasteiger partial charge in [-0.1, -0.05) is 0 Å². The number of fused-ring (bicyclic) bond motifs is 1. The Labute approximate surface area is 172 Å². The van der Waals surface area contributed by atoms with Crippen LogP contribution in [0.15, 0.2) is 18.2 Å². The summed E-state index contributed by atoms with van der Waals surface area (Å²) in [4.78, 5) is 12.9. The van der Waals surface area contributed by atoms with Gasteiger partial charge in [0.25, 0.3) is 16.1 Å². The Kier molecular flexibility index (Phi) is 5.07. The third kappa shape index (κ3) is 3.80. The maximum Gasteiger partial charge on any atom is 0.299 e. The molecule has 0 unspecified atom stereocenters. The quantitative estimate of drug-likeness (QED) is 0.642. The first-order valence-corrected chi connectivity index (χ1v) is 10.9. The number of nitrogens with one attached hydrogen (secondary N) is 3. The third-order valence-electron chi connectivity index (χ3n) is 5.26. The van der Waals surface area contributed by atoms with Crippen molar-refractivity contribution in [2.75, 3.05) is 23.3 Å². The third-order valence-corrected chi connectivity index (χ3v) is 6.50. The number of hydrogen-bond acceptors (Lipinski definition) is 4. The standard InChI is InChI=1S/C19H22F2N4O4S/c1-11-16(23-30(27,28)24-19(2)9-29-10-19)15-4-3-7-25(15)17(11)18(26)22-12-5-6-13(20)14(21)8-12/h5-6,8,23-24H,3-4,7,9-10H2,1-2H3,(H,22,26). The molecule has 0 spiro atoms. The first-order chi connectivity index (χ1) is 14.1. The zero-order chi connectivity index (χ0) is 21.7. The molecule has 11 heteroatoms. The summed E-state index contributed by atoms with van der Waals surface area (Å²) < 4.78 is 63.9. The topological polar surface area (TPSA) is 101 Å². The molecule has 2 aliphatic heterocycles. The lowest BCUT2D eigenvalue weighted by molar-refractivity contribution is -0.0522. The number of anilines is 2. The van der Waals surface area contributed by atoms with E-state index in [4.69, 9.17) is 4.74 Å². The molecule has 4 rings (SSSR count). The maximum absolute atomic E-state index is 13.5. The molecule has 3 N–H and O–H groups in total. The minimum atomic E-state index is -3.90. The van der Waals surface area contributed by atoms with Gasteiger partial charge in [0.1, 0.15) is 5.69 Å². The Hall–Kier alpha value is -2.50. The monoisotopic (exact) mass is 440 g/mol. The lowest BCUT2D eigenvalue weighted by atomic mass is 10.0. The van der Waals surface area contributed by atoms with Crippen molar-refractivity contribution in [1.29, 1.82) is 0 Å². The molecular formula is C19H22F2N4O4S. The number of nitrogens with zero attached hydrogens (tertiary/aromatic N) is 1. The minimum Gasteiger partial charge on any atom is -0.377 e. The first-order valence-electron chi connectivity index (χ1n) is 9.46. The Bertz CT molecular complexity index is 1130. The number of carbonyl (C=O) groups excluding carboxylic acids is 1. The van der Waals surface area contributed by atoms with Gasteiger partial charge < -0.3 is 14.6 Å². The molecular weight excluding hydrogens is 418 g/mol. The van der Waals surface area contributed by atoms with Gasteiger partial charge in [0.15, 0.2) is 11.6 Å². The second kappa shape index (κ2) is 7.33. The highest BCUT2D eigenvalue weighted by molar-refractivity contribution is 7.90. The molecule has 1 saturated heterocycles. The van der Waals surface area contributed by atoms with E-state index in [1.807, 2.05) is 0 Å². The number of aromatic nitrogens is 1. The minimum absolute atomic E-state index is 0.105. The Morgan fingerprint density at radius 1 is 1.23 bits per heavy atom. The van der Waals surface area contributed by atoms with Gasteiger partial charge in [-0.2, -0.15) is 13.1 Å². The van der Waals surface area contributed by atoms with E-state index in [0.29, 0.717) is 29.9 Å². The van der Waals surface area contributed by atoms with Gasteiger partial charge in [0.05, 0.1) is 24.4 Å². The van der Waals surface area contributed by atoms with E-state index in [1.54, 1.807) is 18.4 Å². The van der Waals surface area contributed by atoms with Gasteiger partial charge in [-0.3, -0.25) is 9.52 Å². The fourth-order valence-corrected chi connectivity index (χ4v) is 5.22. The Balaban J connectivity index is 1.62. The summed E-state index contributed by atoms with van der Waals surface area (Å²) in [5.41, 5.74) is 1.25. The molecule has 8 nitrogen and oxygen atoms in total. The van der Waals surface area contributed by atoms with Crippen molar-refractivity contribution in [2.45, 2.75) is 38.8 Å². The molecule has 162 valence electrons. The molecule has 30 heavy (non-hydrogen) atoms. The number of carbonyl (C=O) groups is 1. The summed E-state index contributed by atoms with van der Waals surface area (Å²) in [6, 6.07) is 3.08. The smallest absolute Gasteiger partial charge is 0.299 e. The largest absolute Gasteiger partial charge is 0.377 e. The second-order valence-electron chi connectivity index (χ2n) is 7.89. The molecule has 0 bridgehead atoms. The van der Waals surface area contributed by atoms with E-state index in [-0.39, 0.29) is 24.6 Å². The summed E-state index contributed by atoms with van der Waals surface area (Å²) in [6.45, 7) is 4.51. The van der Waals surface area contributed by atoms with Crippen LogP contribution in [0.3, 0.4) is 0 Å². The fourth-order valence-electron chi connectivity index (χ4n) is 3.86. The number of benzene rings is 1. The van der Waals surface area contributed by atoms with Gasteiger partial charge in [-0.05, 0) is 38.8 Å². The Morgan fingerprint density at radius 3 is 2.60 bits per heavy atom. The molecule has 0 radical (unpaired) electrons. The zero-order valence-corrected chi connectivity index (χ0v) is 17.3.